The molecule has 36 heavy (non-hydrogen) atoms. The van der Waals surface area contributed by atoms with Gasteiger partial charge < -0.3 is 34.1 Å². The molecule has 0 unspecified atom stereocenters. The van der Waals surface area contributed by atoms with Crippen LogP contribution < -0.4 is 9.47 Å². The molecule has 194 valence electrons. The highest BCUT2D eigenvalue weighted by Crippen LogP contribution is 2.43. The van der Waals surface area contributed by atoms with Gasteiger partial charge in [-0.05, 0) is 64.2 Å². The number of ether oxygens (including phenoxy) is 3. The lowest BCUT2D eigenvalue weighted by molar-refractivity contribution is -0.139. The number of Topliss-reactive ketones (excluding diaryl/α,β-unsaturated/α-hetero) is 1. The van der Waals surface area contributed by atoms with Gasteiger partial charge in [0.15, 0.2) is 11.5 Å². The summed E-state index contributed by atoms with van der Waals surface area (Å²) in [6, 6.07) is 4.26. The lowest BCUT2D eigenvalue weighted by Crippen LogP contribution is -2.32. The van der Waals surface area contributed by atoms with E-state index in [-0.39, 0.29) is 22.6 Å². The van der Waals surface area contributed by atoms with Crippen LogP contribution in [0.4, 0.5) is 0 Å². The van der Waals surface area contributed by atoms with E-state index in [1.54, 1.807) is 32.0 Å². The van der Waals surface area contributed by atoms with Crippen LogP contribution in [0.5, 0.6) is 11.5 Å². The monoisotopic (exact) mass is 499 g/mol. The maximum atomic E-state index is 13.3. The van der Waals surface area contributed by atoms with Crippen molar-refractivity contribution in [3.63, 3.8) is 0 Å². The van der Waals surface area contributed by atoms with E-state index < -0.39 is 23.7 Å². The van der Waals surface area contributed by atoms with Gasteiger partial charge in [-0.2, -0.15) is 0 Å². The minimum Gasteiger partial charge on any atom is -0.507 e. The molecule has 0 aliphatic carbocycles. The standard InChI is InChI=1S/C26H33N3O7/c1-14-19(15(2)27-21(14)26(33)36-7)23(30)20-22(16-9-10-17(34-5)18(13-16)35-6)29(25(32)24(20)31)12-8-11-28(3)4/h9-10,13,22,27,30H,8,11-12H2,1-7H3/b23-20+/t22-/m0/s1. The second kappa shape index (κ2) is 10.9. The molecule has 10 heteroatoms. The number of nitrogens with one attached hydrogen (secondary N) is 1. The first-order chi connectivity index (χ1) is 17.1. The third kappa shape index (κ3) is 4.81. The first-order valence-electron chi connectivity index (χ1n) is 11.5. The highest BCUT2D eigenvalue weighted by molar-refractivity contribution is 6.46. The van der Waals surface area contributed by atoms with E-state index in [9.17, 15) is 19.5 Å². The molecule has 0 radical (unpaired) electrons. The van der Waals surface area contributed by atoms with Crippen molar-refractivity contribution in [1.29, 1.82) is 0 Å². The first kappa shape index (κ1) is 26.8. The zero-order chi connectivity index (χ0) is 26.7. The number of hydrogen-bond acceptors (Lipinski definition) is 8. The van der Waals surface area contributed by atoms with E-state index in [2.05, 4.69) is 4.98 Å². The van der Waals surface area contributed by atoms with Crippen molar-refractivity contribution in [1.82, 2.24) is 14.8 Å². The van der Waals surface area contributed by atoms with E-state index in [1.165, 1.54) is 26.2 Å². The van der Waals surface area contributed by atoms with Crippen LogP contribution in [-0.2, 0) is 14.3 Å². The van der Waals surface area contributed by atoms with Crippen molar-refractivity contribution in [2.75, 3.05) is 48.5 Å². The Labute approximate surface area is 210 Å². The predicted octanol–water partition coefficient (Wildman–Crippen LogP) is 2.81. The van der Waals surface area contributed by atoms with Crippen LogP contribution in [0, 0.1) is 13.8 Å². The summed E-state index contributed by atoms with van der Waals surface area (Å²) >= 11 is 0. The molecule has 0 bridgehead atoms. The molecule has 1 saturated heterocycles. The molecule has 1 amide bonds. The molecule has 1 aliphatic rings. The molecule has 3 rings (SSSR count). The summed E-state index contributed by atoms with van der Waals surface area (Å²) in [4.78, 5) is 45.1. The number of benzene rings is 1. The number of methoxy groups -OCH3 is 3. The minimum absolute atomic E-state index is 0.0568. The largest absolute Gasteiger partial charge is 0.507 e. The second-order valence-corrected chi connectivity index (χ2v) is 8.88. The molecule has 0 spiro atoms. The van der Waals surface area contributed by atoms with E-state index >= 15 is 0 Å². The van der Waals surface area contributed by atoms with Crippen molar-refractivity contribution in [2.24, 2.45) is 0 Å². The fourth-order valence-corrected chi connectivity index (χ4v) is 4.58. The van der Waals surface area contributed by atoms with Crippen LogP contribution in [0.15, 0.2) is 23.8 Å². The number of aliphatic hydroxyl groups excluding tert-OH is 1. The van der Waals surface area contributed by atoms with Crippen molar-refractivity contribution < 1.29 is 33.7 Å². The van der Waals surface area contributed by atoms with Gasteiger partial charge in [0.1, 0.15) is 11.5 Å². The number of H-pyrrole nitrogens is 1. The molecule has 2 N–H and O–H groups in total. The van der Waals surface area contributed by atoms with Gasteiger partial charge in [0.2, 0.25) is 0 Å². The number of amides is 1. The number of rotatable bonds is 9. The van der Waals surface area contributed by atoms with E-state index in [1.807, 2.05) is 19.0 Å². The Bertz CT molecular complexity index is 1210. The lowest BCUT2D eigenvalue weighted by Gasteiger charge is -2.26. The fourth-order valence-electron chi connectivity index (χ4n) is 4.58. The summed E-state index contributed by atoms with van der Waals surface area (Å²) in [5, 5.41) is 11.5. The third-order valence-electron chi connectivity index (χ3n) is 6.33. The van der Waals surface area contributed by atoms with E-state index in [4.69, 9.17) is 14.2 Å². The number of aromatic amines is 1. The number of aromatic nitrogens is 1. The average molecular weight is 500 g/mol. The van der Waals surface area contributed by atoms with Crippen LogP contribution in [0.25, 0.3) is 5.76 Å². The first-order valence-corrected chi connectivity index (χ1v) is 11.5. The number of aryl methyl sites for hydroxylation is 1. The molecule has 1 fully saturated rings. The number of ketones is 1. The summed E-state index contributed by atoms with van der Waals surface area (Å²) in [6.45, 7) is 4.33. The summed E-state index contributed by atoms with van der Waals surface area (Å²) in [7, 11) is 8.12. The maximum absolute atomic E-state index is 13.3. The number of carbonyl (C=O) groups is 3. The van der Waals surface area contributed by atoms with Crippen molar-refractivity contribution in [3.8, 4) is 11.5 Å². The number of hydrogen-bond donors (Lipinski definition) is 2. The van der Waals surface area contributed by atoms with Crippen LogP contribution >= 0.6 is 0 Å². The highest BCUT2D eigenvalue weighted by Gasteiger charge is 2.46. The van der Waals surface area contributed by atoms with Gasteiger partial charge in [-0.3, -0.25) is 9.59 Å². The van der Waals surface area contributed by atoms with Gasteiger partial charge in [-0.25, -0.2) is 4.79 Å². The van der Waals surface area contributed by atoms with Gasteiger partial charge in [-0.15, -0.1) is 0 Å². The molecule has 2 heterocycles. The van der Waals surface area contributed by atoms with Crippen molar-refractivity contribution in [2.45, 2.75) is 26.3 Å². The van der Waals surface area contributed by atoms with Crippen LogP contribution in [0.2, 0.25) is 0 Å². The SMILES string of the molecule is COC(=O)c1[nH]c(C)c(/C(O)=C2\C(=O)C(=O)N(CCCN(C)C)[C@H]2c2ccc(OC)c(OC)c2)c1C. The Morgan fingerprint density at radius 2 is 1.78 bits per heavy atom. The Hall–Kier alpha value is -3.79. The normalized spacial score (nSPS) is 17.1. The van der Waals surface area contributed by atoms with E-state index in [0.717, 1.165) is 0 Å². The Kier molecular flexibility index (Phi) is 8.09. The number of likely N-dealkylation sites (tertiary alicyclic amines) is 1. The maximum Gasteiger partial charge on any atom is 0.354 e. The zero-order valence-corrected chi connectivity index (χ0v) is 21.7. The summed E-state index contributed by atoms with van der Waals surface area (Å²) in [5.74, 6) is -1.53. The minimum atomic E-state index is -0.859. The topological polar surface area (TPSA) is 121 Å². The summed E-state index contributed by atoms with van der Waals surface area (Å²) < 4.78 is 15.6. The molecule has 1 aromatic heterocycles. The lowest BCUT2D eigenvalue weighted by atomic mass is 9.93. The Morgan fingerprint density at radius 1 is 1.11 bits per heavy atom. The highest BCUT2D eigenvalue weighted by atomic mass is 16.5. The number of esters is 1. The smallest absolute Gasteiger partial charge is 0.354 e. The van der Waals surface area contributed by atoms with Gasteiger partial charge >= 0.3 is 5.97 Å². The predicted molar refractivity (Wildman–Crippen MR) is 133 cm³/mol. The summed E-state index contributed by atoms with van der Waals surface area (Å²) in [6.07, 6.45) is 0.624. The van der Waals surface area contributed by atoms with Crippen LogP contribution in [0.1, 0.15) is 45.3 Å². The van der Waals surface area contributed by atoms with Gasteiger partial charge in [0, 0.05) is 17.8 Å². The number of nitrogens with zero attached hydrogens (tertiary/aromatic N) is 2. The fraction of sp³-hybridized carbons (Fsp3) is 0.423. The molecule has 2 aromatic rings. The Morgan fingerprint density at radius 3 is 2.36 bits per heavy atom. The zero-order valence-electron chi connectivity index (χ0n) is 21.7. The molecule has 10 nitrogen and oxygen atoms in total. The number of aliphatic hydroxyl groups is 1. The third-order valence-corrected chi connectivity index (χ3v) is 6.33. The average Bonchev–Trinajstić information content (AvgIpc) is 3.29. The molecule has 1 atom stereocenters. The molecule has 1 aliphatic heterocycles. The number of carbonyl (C=O) groups excluding carboxylic acids is 3. The van der Waals surface area contributed by atoms with Gasteiger partial charge in [-0.1, -0.05) is 6.07 Å². The van der Waals surface area contributed by atoms with Gasteiger partial charge in [0.05, 0.1) is 32.9 Å². The molecule has 1 aromatic carbocycles. The molecular formula is C26H33N3O7. The van der Waals surface area contributed by atoms with Crippen LogP contribution in [-0.4, -0.2) is 86.1 Å². The molecular weight excluding hydrogens is 466 g/mol. The van der Waals surface area contributed by atoms with Crippen LogP contribution in [0.3, 0.4) is 0 Å². The van der Waals surface area contributed by atoms with Crippen molar-refractivity contribution >= 4 is 23.4 Å². The Balaban J connectivity index is 2.22. The van der Waals surface area contributed by atoms with E-state index in [0.29, 0.717) is 47.8 Å². The van der Waals surface area contributed by atoms with Gasteiger partial charge in [0.25, 0.3) is 11.7 Å². The summed E-state index contributed by atoms with van der Waals surface area (Å²) in [5.41, 5.74) is 1.86. The quantitative estimate of drug-likeness (QED) is 0.234. The van der Waals surface area contributed by atoms with Crippen molar-refractivity contribution in [3.05, 3.63) is 51.9 Å². The second-order valence-electron chi connectivity index (χ2n) is 8.88. The molecule has 0 saturated carbocycles.